The van der Waals surface area contributed by atoms with E-state index in [2.05, 4.69) is 10.2 Å². The van der Waals surface area contributed by atoms with Gasteiger partial charge in [0.2, 0.25) is 0 Å². The lowest BCUT2D eigenvalue weighted by Crippen LogP contribution is -1.95. The third-order valence-corrected chi connectivity index (χ3v) is 2.25. The molecule has 1 aromatic heterocycles. The number of carboxylic acids is 1. The largest absolute Gasteiger partial charge is 0.477 e. The molecule has 16 heavy (non-hydrogen) atoms. The Hall–Kier alpha value is -1.88. The molecule has 0 aliphatic carbocycles. The number of carboxylic acid groups (broad SMARTS) is 1. The molecule has 0 atom stereocenters. The zero-order valence-corrected chi connectivity index (χ0v) is 8.62. The maximum atomic E-state index is 13.4. The number of aromatic nitrogens is 2. The van der Waals surface area contributed by atoms with Crippen molar-refractivity contribution in [3.05, 3.63) is 40.8 Å². The van der Waals surface area contributed by atoms with E-state index < -0.39 is 11.8 Å². The minimum absolute atomic E-state index is 0.102. The van der Waals surface area contributed by atoms with Gasteiger partial charge in [-0.05, 0) is 24.3 Å². The Bertz CT molecular complexity index is 554. The van der Waals surface area contributed by atoms with E-state index >= 15 is 0 Å². The van der Waals surface area contributed by atoms with Gasteiger partial charge in [0.05, 0.1) is 5.69 Å². The zero-order chi connectivity index (χ0) is 11.7. The van der Waals surface area contributed by atoms with Crippen LogP contribution >= 0.6 is 11.6 Å². The molecular formula is C10H6ClFN2O2. The van der Waals surface area contributed by atoms with Gasteiger partial charge in [0.25, 0.3) is 0 Å². The van der Waals surface area contributed by atoms with E-state index in [1.54, 1.807) is 0 Å². The highest BCUT2D eigenvalue weighted by atomic mass is 35.5. The van der Waals surface area contributed by atoms with Crippen molar-refractivity contribution in [2.24, 2.45) is 0 Å². The molecule has 0 saturated carbocycles. The molecule has 0 unspecified atom stereocenters. The highest BCUT2D eigenvalue weighted by Gasteiger charge is 2.12. The van der Waals surface area contributed by atoms with Gasteiger partial charge in [-0.2, -0.15) is 5.10 Å². The molecule has 2 aromatic rings. The van der Waals surface area contributed by atoms with Crippen molar-refractivity contribution >= 4 is 17.6 Å². The highest BCUT2D eigenvalue weighted by molar-refractivity contribution is 6.30. The minimum atomic E-state index is -1.15. The van der Waals surface area contributed by atoms with Crippen LogP contribution in [0.5, 0.6) is 0 Å². The van der Waals surface area contributed by atoms with Gasteiger partial charge in [-0.25, -0.2) is 9.18 Å². The van der Waals surface area contributed by atoms with Crippen molar-refractivity contribution in [2.75, 3.05) is 0 Å². The van der Waals surface area contributed by atoms with Crippen molar-refractivity contribution in [2.45, 2.75) is 0 Å². The van der Waals surface area contributed by atoms with Crippen LogP contribution in [0.1, 0.15) is 10.5 Å². The molecule has 0 aliphatic heterocycles. The van der Waals surface area contributed by atoms with Gasteiger partial charge in [-0.15, -0.1) is 0 Å². The first-order valence-corrected chi connectivity index (χ1v) is 4.70. The molecule has 0 saturated heterocycles. The number of rotatable bonds is 2. The SMILES string of the molecule is O=C(O)c1cc(-c2cc(Cl)ccc2F)n[nH]1. The summed E-state index contributed by atoms with van der Waals surface area (Å²) in [5.41, 5.74) is 0.267. The summed E-state index contributed by atoms with van der Waals surface area (Å²) >= 11 is 5.72. The lowest BCUT2D eigenvalue weighted by atomic mass is 10.1. The highest BCUT2D eigenvalue weighted by Crippen LogP contribution is 2.24. The van der Waals surface area contributed by atoms with E-state index in [1.165, 1.54) is 24.3 Å². The summed E-state index contributed by atoms with van der Waals surface area (Å²) in [7, 11) is 0. The predicted molar refractivity (Wildman–Crippen MR) is 56.0 cm³/mol. The lowest BCUT2D eigenvalue weighted by molar-refractivity contribution is 0.0690. The Balaban J connectivity index is 2.50. The minimum Gasteiger partial charge on any atom is -0.477 e. The summed E-state index contributed by atoms with van der Waals surface area (Å²) in [6, 6.07) is 5.24. The monoisotopic (exact) mass is 240 g/mol. The molecule has 4 nitrogen and oxygen atoms in total. The molecule has 82 valence electrons. The predicted octanol–water partition coefficient (Wildman–Crippen LogP) is 2.57. The lowest BCUT2D eigenvalue weighted by Gasteiger charge is -1.98. The maximum Gasteiger partial charge on any atom is 0.353 e. The standard InChI is InChI=1S/C10H6ClFN2O2/c11-5-1-2-7(12)6(3-5)8-4-9(10(15)16)14-13-8/h1-4H,(H,13,14)(H,15,16). The first kappa shape index (κ1) is 10.6. The summed E-state index contributed by atoms with van der Waals surface area (Å²) in [5.74, 6) is -1.66. The maximum absolute atomic E-state index is 13.4. The molecular weight excluding hydrogens is 235 g/mol. The molecule has 0 spiro atoms. The van der Waals surface area contributed by atoms with Crippen molar-refractivity contribution in [3.8, 4) is 11.3 Å². The quantitative estimate of drug-likeness (QED) is 0.848. The number of halogens is 2. The van der Waals surface area contributed by atoms with Crippen LogP contribution in [0.25, 0.3) is 11.3 Å². The van der Waals surface area contributed by atoms with Crippen molar-refractivity contribution in [3.63, 3.8) is 0 Å². The first-order valence-electron chi connectivity index (χ1n) is 4.32. The fraction of sp³-hybridized carbons (Fsp3) is 0. The van der Waals surface area contributed by atoms with E-state index in [-0.39, 0.29) is 17.0 Å². The van der Waals surface area contributed by atoms with Gasteiger partial charge in [-0.1, -0.05) is 11.6 Å². The molecule has 0 aliphatic rings. The molecule has 0 amide bonds. The molecule has 2 rings (SSSR count). The third-order valence-electron chi connectivity index (χ3n) is 2.01. The third kappa shape index (κ3) is 1.90. The Morgan fingerprint density at radius 1 is 1.44 bits per heavy atom. The number of carbonyl (C=O) groups is 1. The van der Waals surface area contributed by atoms with Crippen LogP contribution in [-0.2, 0) is 0 Å². The van der Waals surface area contributed by atoms with Gasteiger partial charge in [-0.3, -0.25) is 5.10 Å². The molecule has 2 N–H and O–H groups in total. The number of nitrogens with zero attached hydrogens (tertiary/aromatic N) is 1. The van der Waals surface area contributed by atoms with Crippen molar-refractivity contribution in [1.82, 2.24) is 10.2 Å². The topological polar surface area (TPSA) is 66.0 Å². The van der Waals surface area contributed by atoms with Crippen molar-refractivity contribution < 1.29 is 14.3 Å². The molecule has 0 bridgehead atoms. The zero-order valence-electron chi connectivity index (χ0n) is 7.87. The average Bonchev–Trinajstić information content (AvgIpc) is 2.70. The van der Waals surface area contributed by atoms with Gasteiger partial charge in [0.1, 0.15) is 11.5 Å². The Kier molecular flexibility index (Phi) is 2.62. The Morgan fingerprint density at radius 3 is 2.81 bits per heavy atom. The second-order valence-electron chi connectivity index (χ2n) is 3.10. The number of hydrogen-bond acceptors (Lipinski definition) is 2. The second-order valence-corrected chi connectivity index (χ2v) is 3.53. The van der Waals surface area contributed by atoms with E-state index in [0.717, 1.165) is 0 Å². The number of aromatic carboxylic acids is 1. The van der Waals surface area contributed by atoms with Crippen LogP contribution in [0.3, 0.4) is 0 Å². The number of H-pyrrole nitrogens is 1. The van der Waals surface area contributed by atoms with Crippen LogP contribution < -0.4 is 0 Å². The van der Waals surface area contributed by atoms with Gasteiger partial charge in [0, 0.05) is 10.6 Å². The summed E-state index contributed by atoms with van der Waals surface area (Å²) in [6.07, 6.45) is 0. The summed E-state index contributed by atoms with van der Waals surface area (Å²) in [4.78, 5) is 10.6. The second kappa shape index (κ2) is 3.94. The normalized spacial score (nSPS) is 10.4. The van der Waals surface area contributed by atoms with E-state index in [9.17, 15) is 9.18 Å². The van der Waals surface area contributed by atoms with Crippen molar-refractivity contribution in [1.29, 1.82) is 0 Å². The molecule has 0 radical (unpaired) electrons. The van der Waals surface area contributed by atoms with Gasteiger partial charge >= 0.3 is 5.97 Å². The molecule has 1 aromatic carbocycles. The summed E-state index contributed by atoms with van der Waals surface area (Å²) in [5, 5.41) is 15.0. The first-order chi connectivity index (χ1) is 7.58. The number of benzene rings is 1. The van der Waals surface area contributed by atoms with Crippen LogP contribution in [0.15, 0.2) is 24.3 Å². The van der Waals surface area contributed by atoms with E-state index in [4.69, 9.17) is 16.7 Å². The number of aromatic amines is 1. The van der Waals surface area contributed by atoms with E-state index in [1.807, 2.05) is 0 Å². The van der Waals surface area contributed by atoms with Gasteiger partial charge in [0.15, 0.2) is 0 Å². The summed E-state index contributed by atoms with van der Waals surface area (Å²) in [6.45, 7) is 0. The smallest absolute Gasteiger partial charge is 0.353 e. The average molecular weight is 241 g/mol. The Morgan fingerprint density at radius 2 is 2.19 bits per heavy atom. The van der Waals surface area contributed by atoms with Crippen LogP contribution in [-0.4, -0.2) is 21.3 Å². The summed E-state index contributed by atoms with van der Waals surface area (Å²) < 4.78 is 13.4. The molecule has 1 heterocycles. The van der Waals surface area contributed by atoms with Gasteiger partial charge < -0.3 is 5.11 Å². The fourth-order valence-corrected chi connectivity index (χ4v) is 1.44. The molecule has 0 fully saturated rings. The number of nitrogens with one attached hydrogen (secondary N) is 1. The molecule has 6 heteroatoms. The Labute approximate surface area is 94.7 Å². The van der Waals surface area contributed by atoms with E-state index in [0.29, 0.717) is 5.02 Å². The van der Waals surface area contributed by atoms with Crippen LogP contribution in [0, 0.1) is 5.82 Å². The van der Waals surface area contributed by atoms with Crippen LogP contribution in [0.4, 0.5) is 4.39 Å². The number of hydrogen-bond donors (Lipinski definition) is 2. The fourth-order valence-electron chi connectivity index (χ4n) is 1.26. The van der Waals surface area contributed by atoms with Crippen LogP contribution in [0.2, 0.25) is 5.02 Å².